The van der Waals surface area contributed by atoms with Crippen molar-refractivity contribution < 1.29 is 9.53 Å². The van der Waals surface area contributed by atoms with Crippen LogP contribution in [-0.2, 0) is 11.3 Å². The van der Waals surface area contributed by atoms with E-state index in [-0.39, 0.29) is 12.5 Å². The monoisotopic (exact) mass is 467 g/mol. The summed E-state index contributed by atoms with van der Waals surface area (Å²) >= 11 is 4.96. The molecule has 0 aliphatic carbocycles. The minimum atomic E-state index is -0.172. The standard InChI is InChI=1S/C22H18BrN3O2S/c1-15-5-8-18(9-6-15)28-14-21(27)26(13-17-4-2-3-11-24-17)22-25-19-10-7-16(23)12-20(19)29-22/h2-12H,13-14H2,1H3. The molecule has 5 nitrogen and oxygen atoms in total. The van der Waals surface area contributed by atoms with Crippen LogP contribution in [0, 0.1) is 6.92 Å². The first-order valence-corrected chi connectivity index (χ1v) is 10.7. The first-order chi connectivity index (χ1) is 14.1. The normalized spacial score (nSPS) is 10.8. The van der Waals surface area contributed by atoms with E-state index in [0.29, 0.717) is 17.4 Å². The van der Waals surface area contributed by atoms with Crippen LogP contribution in [0.25, 0.3) is 10.2 Å². The number of carbonyl (C=O) groups is 1. The maximum Gasteiger partial charge on any atom is 0.267 e. The summed E-state index contributed by atoms with van der Waals surface area (Å²) in [6.45, 7) is 2.27. The van der Waals surface area contributed by atoms with Crippen LogP contribution in [0.1, 0.15) is 11.3 Å². The van der Waals surface area contributed by atoms with Gasteiger partial charge in [-0.2, -0.15) is 0 Å². The van der Waals surface area contributed by atoms with Crippen LogP contribution in [0.2, 0.25) is 0 Å². The molecule has 0 fully saturated rings. The number of pyridine rings is 1. The molecule has 0 aliphatic rings. The number of fused-ring (bicyclic) bond motifs is 1. The van der Waals surface area contributed by atoms with Crippen LogP contribution in [0.15, 0.2) is 71.3 Å². The largest absolute Gasteiger partial charge is 0.484 e. The molecule has 4 rings (SSSR count). The van der Waals surface area contributed by atoms with Crippen molar-refractivity contribution in [3.05, 3.63) is 82.6 Å². The Labute approximate surface area is 181 Å². The number of hydrogen-bond donors (Lipinski definition) is 0. The third-order valence-corrected chi connectivity index (χ3v) is 5.84. The fraction of sp³-hybridized carbons (Fsp3) is 0.136. The van der Waals surface area contributed by atoms with E-state index in [4.69, 9.17) is 4.74 Å². The van der Waals surface area contributed by atoms with Crippen LogP contribution in [0.3, 0.4) is 0 Å². The zero-order valence-corrected chi connectivity index (χ0v) is 18.1. The fourth-order valence-electron chi connectivity index (χ4n) is 2.78. The van der Waals surface area contributed by atoms with E-state index in [1.165, 1.54) is 11.3 Å². The Kier molecular flexibility index (Phi) is 5.87. The Balaban J connectivity index is 1.59. The number of halogens is 1. The molecule has 0 saturated carbocycles. The predicted octanol–water partition coefficient (Wildman–Crippen LogP) is 5.37. The van der Waals surface area contributed by atoms with Crippen molar-refractivity contribution in [3.8, 4) is 5.75 Å². The smallest absolute Gasteiger partial charge is 0.267 e. The highest BCUT2D eigenvalue weighted by atomic mass is 79.9. The first-order valence-electron chi connectivity index (χ1n) is 9.04. The molecule has 1 amide bonds. The minimum absolute atomic E-state index is 0.0739. The molecular formula is C22H18BrN3O2S. The van der Waals surface area contributed by atoms with Gasteiger partial charge >= 0.3 is 0 Å². The van der Waals surface area contributed by atoms with Gasteiger partial charge in [0, 0.05) is 10.7 Å². The van der Waals surface area contributed by atoms with Gasteiger partial charge in [0.1, 0.15) is 5.75 Å². The number of hydrogen-bond acceptors (Lipinski definition) is 5. The van der Waals surface area contributed by atoms with Gasteiger partial charge in [0.15, 0.2) is 11.7 Å². The lowest BCUT2D eigenvalue weighted by Gasteiger charge is -2.19. The second kappa shape index (κ2) is 8.71. The Bertz CT molecular complexity index is 1130. The lowest BCUT2D eigenvalue weighted by atomic mass is 10.2. The van der Waals surface area contributed by atoms with Gasteiger partial charge in [-0.25, -0.2) is 4.98 Å². The average Bonchev–Trinajstić information content (AvgIpc) is 3.15. The van der Waals surface area contributed by atoms with Crippen molar-refractivity contribution >= 4 is 48.5 Å². The van der Waals surface area contributed by atoms with Crippen LogP contribution < -0.4 is 9.64 Å². The second-order valence-electron chi connectivity index (χ2n) is 6.51. The van der Waals surface area contributed by atoms with E-state index in [0.717, 1.165) is 25.9 Å². The van der Waals surface area contributed by atoms with E-state index in [9.17, 15) is 4.79 Å². The molecule has 0 N–H and O–H groups in total. The summed E-state index contributed by atoms with van der Waals surface area (Å²) in [5.41, 5.74) is 2.78. The molecule has 0 spiro atoms. The van der Waals surface area contributed by atoms with Gasteiger partial charge in [0.2, 0.25) is 0 Å². The van der Waals surface area contributed by atoms with Crippen LogP contribution in [0.5, 0.6) is 5.75 Å². The highest BCUT2D eigenvalue weighted by molar-refractivity contribution is 9.10. The molecule has 0 aliphatic heterocycles. The van der Waals surface area contributed by atoms with Crippen molar-refractivity contribution in [2.75, 3.05) is 11.5 Å². The van der Waals surface area contributed by atoms with Gasteiger partial charge in [0.05, 0.1) is 22.5 Å². The Morgan fingerprint density at radius 3 is 2.72 bits per heavy atom. The third kappa shape index (κ3) is 4.81. The van der Waals surface area contributed by atoms with Crippen molar-refractivity contribution in [2.45, 2.75) is 13.5 Å². The zero-order valence-electron chi connectivity index (χ0n) is 15.7. The van der Waals surface area contributed by atoms with Crippen molar-refractivity contribution in [2.24, 2.45) is 0 Å². The lowest BCUT2D eigenvalue weighted by Crippen LogP contribution is -2.34. The molecule has 146 valence electrons. The average molecular weight is 468 g/mol. The van der Waals surface area contributed by atoms with E-state index in [2.05, 4.69) is 25.9 Å². The van der Waals surface area contributed by atoms with Crippen molar-refractivity contribution in [1.82, 2.24) is 9.97 Å². The molecule has 0 saturated heterocycles. The quantitative estimate of drug-likeness (QED) is 0.382. The topological polar surface area (TPSA) is 55.3 Å². The van der Waals surface area contributed by atoms with E-state index >= 15 is 0 Å². The summed E-state index contributed by atoms with van der Waals surface area (Å²) in [5.74, 6) is 0.490. The van der Waals surface area contributed by atoms with Gasteiger partial charge in [-0.3, -0.25) is 14.7 Å². The molecule has 2 aromatic carbocycles. The molecule has 2 aromatic heterocycles. The van der Waals surface area contributed by atoms with Gasteiger partial charge in [0.25, 0.3) is 5.91 Å². The highest BCUT2D eigenvalue weighted by Crippen LogP contribution is 2.31. The SMILES string of the molecule is Cc1ccc(OCC(=O)N(Cc2ccccn2)c2nc3ccc(Br)cc3s2)cc1. The maximum atomic E-state index is 13.1. The minimum Gasteiger partial charge on any atom is -0.484 e. The summed E-state index contributed by atoms with van der Waals surface area (Å²) in [6, 6.07) is 19.2. The zero-order chi connectivity index (χ0) is 20.2. The number of aryl methyl sites for hydroxylation is 1. The molecule has 0 radical (unpaired) electrons. The number of aromatic nitrogens is 2. The Morgan fingerprint density at radius 2 is 1.97 bits per heavy atom. The van der Waals surface area contributed by atoms with E-state index < -0.39 is 0 Å². The molecule has 2 heterocycles. The van der Waals surface area contributed by atoms with Gasteiger partial charge in [-0.1, -0.05) is 51.0 Å². The Morgan fingerprint density at radius 1 is 1.14 bits per heavy atom. The molecular weight excluding hydrogens is 450 g/mol. The number of benzene rings is 2. The van der Waals surface area contributed by atoms with Gasteiger partial charge in [-0.05, 0) is 49.4 Å². The molecule has 7 heteroatoms. The summed E-state index contributed by atoms with van der Waals surface area (Å²) in [6.07, 6.45) is 1.72. The molecule has 0 bridgehead atoms. The van der Waals surface area contributed by atoms with Crippen molar-refractivity contribution in [3.63, 3.8) is 0 Å². The number of thiazole rings is 1. The summed E-state index contributed by atoms with van der Waals surface area (Å²) < 4.78 is 7.70. The number of anilines is 1. The van der Waals surface area contributed by atoms with Gasteiger partial charge < -0.3 is 4.74 Å². The molecule has 4 aromatic rings. The predicted molar refractivity (Wildman–Crippen MR) is 119 cm³/mol. The summed E-state index contributed by atoms with van der Waals surface area (Å²) in [5, 5.41) is 0.626. The first kappa shape index (κ1) is 19.5. The maximum absolute atomic E-state index is 13.1. The third-order valence-electron chi connectivity index (χ3n) is 4.30. The van der Waals surface area contributed by atoms with Gasteiger partial charge in [-0.15, -0.1) is 0 Å². The number of amides is 1. The number of ether oxygens (including phenoxy) is 1. The Hall–Kier alpha value is -2.77. The van der Waals surface area contributed by atoms with Crippen LogP contribution in [-0.4, -0.2) is 22.5 Å². The summed E-state index contributed by atoms with van der Waals surface area (Å²) in [4.78, 5) is 23.7. The fourth-order valence-corrected chi connectivity index (χ4v) is 4.31. The van der Waals surface area contributed by atoms with Crippen LogP contribution in [0.4, 0.5) is 5.13 Å². The summed E-state index contributed by atoms with van der Waals surface area (Å²) in [7, 11) is 0. The highest BCUT2D eigenvalue weighted by Gasteiger charge is 2.21. The molecule has 29 heavy (non-hydrogen) atoms. The number of rotatable bonds is 6. The van der Waals surface area contributed by atoms with E-state index in [1.54, 1.807) is 11.1 Å². The molecule has 0 atom stereocenters. The molecule has 0 unspecified atom stereocenters. The van der Waals surface area contributed by atoms with Crippen molar-refractivity contribution in [1.29, 1.82) is 0 Å². The number of carbonyl (C=O) groups excluding carboxylic acids is 1. The number of nitrogens with zero attached hydrogens (tertiary/aromatic N) is 3. The second-order valence-corrected chi connectivity index (χ2v) is 8.44. The van der Waals surface area contributed by atoms with E-state index in [1.807, 2.05) is 67.6 Å². The lowest BCUT2D eigenvalue weighted by molar-refractivity contribution is -0.120. The van der Waals surface area contributed by atoms with Crippen LogP contribution >= 0.6 is 27.3 Å².